The molecule has 1 rings (SSSR count). The molecule has 0 radical (unpaired) electrons. The van der Waals surface area contributed by atoms with Gasteiger partial charge in [0.05, 0.1) is 0 Å². The molecule has 51 heavy (non-hydrogen) atoms. The second-order valence-electron chi connectivity index (χ2n) is 12.4. The molecule has 296 valence electrons. The molecular formula is C38H68O12Sn. The molecule has 13 heteroatoms. The Balaban J connectivity index is -0.000000172. The first-order valence-electron chi connectivity index (χ1n) is 18.7. The van der Waals surface area contributed by atoms with Gasteiger partial charge in [-0.3, -0.25) is 0 Å². The first-order chi connectivity index (χ1) is 23.5. The summed E-state index contributed by atoms with van der Waals surface area (Å²) in [5.41, 5.74) is 0. The van der Waals surface area contributed by atoms with E-state index in [-0.39, 0.29) is 47.6 Å². The monoisotopic (exact) mass is 836 g/mol. The summed E-state index contributed by atoms with van der Waals surface area (Å²) in [6.07, 6.45) is 12.6. The number of cyclic esters (lactones) is 2. The third-order valence-electron chi connectivity index (χ3n) is 8.18. The van der Waals surface area contributed by atoms with Crippen molar-refractivity contribution in [1.29, 1.82) is 0 Å². The van der Waals surface area contributed by atoms with Gasteiger partial charge in [-0.1, -0.05) is 107 Å². The number of unbranched alkanes of at least 4 members (excludes halogenated alkanes) is 4. The van der Waals surface area contributed by atoms with E-state index in [0.717, 1.165) is 77.0 Å². The molecule has 1 aliphatic rings. The molecule has 0 aromatic rings. The van der Waals surface area contributed by atoms with Crippen molar-refractivity contribution in [3.05, 3.63) is 0 Å². The van der Waals surface area contributed by atoms with E-state index in [2.05, 4.69) is 37.2 Å². The zero-order valence-corrected chi connectivity index (χ0v) is 36.0. The quantitative estimate of drug-likeness (QED) is 0.128. The van der Waals surface area contributed by atoms with E-state index in [1.165, 1.54) is 13.8 Å². The largest absolute Gasteiger partial charge is 4.00 e. The topological polar surface area (TPSA) is 213 Å². The summed E-state index contributed by atoms with van der Waals surface area (Å²) in [6.45, 7) is 18.7. The van der Waals surface area contributed by atoms with Crippen molar-refractivity contribution in [2.24, 2.45) is 23.7 Å². The van der Waals surface area contributed by atoms with Gasteiger partial charge in [0, 0.05) is 23.9 Å². The van der Waals surface area contributed by atoms with Gasteiger partial charge in [0.1, 0.15) is 0 Å². The van der Waals surface area contributed by atoms with Crippen molar-refractivity contribution in [2.75, 3.05) is 0 Å². The number of carboxylic acid groups (broad SMARTS) is 4. The fourth-order valence-electron chi connectivity index (χ4n) is 4.39. The van der Waals surface area contributed by atoms with Gasteiger partial charge in [0.15, 0.2) is 12.2 Å². The number of esters is 2. The SMILES string of the molecule is CC1OC(=O)C(C)OC1=O.CCCCC(CC)C(=O)[O-].CCCCC(CC)C(=O)[O-].CCCCC(CC)C(=O)[O-].CCCCC(CC)C(=O)[O-].[Sn+4]. The Morgan fingerprint density at radius 1 is 0.471 bits per heavy atom. The van der Waals surface area contributed by atoms with Crippen LogP contribution < -0.4 is 20.4 Å². The Morgan fingerprint density at radius 2 is 0.647 bits per heavy atom. The van der Waals surface area contributed by atoms with Gasteiger partial charge in [-0.25, -0.2) is 9.59 Å². The van der Waals surface area contributed by atoms with E-state index < -0.39 is 48.0 Å². The molecule has 6 atom stereocenters. The summed E-state index contributed by atoms with van der Waals surface area (Å²) in [4.78, 5) is 62.6. The average Bonchev–Trinajstić information content (AvgIpc) is 3.06. The van der Waals surface area contributed by atoms with E-state index in [9.17, 15) is 49.2 Å². The van der Waals surface area contributed by atoms with Crippen LogP contribution in [-0.2, 0) is 38.2 Å². The van der Waals surface area contributed by atoms with Crippen LogP contribution in [0.2, 0.25) is 0 Å². The van der Waals surface area contributed by atoms with Crippen molar-refractivity contribution in [1.82, 2.24) is 0 Å². The van der Waals surface area contributed by atoms with Gasteiger partial charge >= 0.3 is 35.8 Å². The minimum absolute atomic E-state index is 0. The van der Waals surface area contributed by atoms with Crippen LogP contribution in [0.15, 0.2) is 0 Å². The Hall–Kier alpha value is -2.38. The molecule has 0 N–H and O–H groups in total. The molecule has 0 aliphatic carbocycles. The maximum Gasteiger partial charge on any atom is 4.00 e. The van der Waals surface area contributed by atoms with Gasteiger partial charge in [-0.15, -0.1) is 0 Å². The predicted octanol–water partition coefficient (Wildman–Crippen LogP) is 3.29. The minimum atomic E-state index is -0.893. The normalized spacial score (nSPS) is 16.7. The molecule has 0 aromatic carbocycles. The van der Waals surface area contributed by atoms with Gasteiger partial charge in [0.2, 0.25) is 0 Å². The zero-order chi connectivity index (χ0) is 39.7. The standard InChI is InChI=1S/4C8H16O2.C6H8O4.Sn/c4*1-3-5-6-7(4-2)8(9)10;1-3-5(7)10-4(2)6(8)9-3;/h4*7H,3-6H2,1-2H3,(H,9,10);3-4H,1-2H3;/q;;;;;+4/p-4. The summed E-state index contributed by atoms with van der Waals surface area (Å²) in [5.74, 6) is -5.42. The van der Waals surface area contributed by atoms with Crippen molar-refractivity contribution in [2.45, 2.75) is 184 Å². The van der Waals surface area contributed by atoms with Crippen LogP contribution in [0.3, 0.4) is 0 Å². The molecule has 0 aromatic heterocycles. The number of hydrogen-bond acceptors (Lipinski definition) is 12. The second-order valence-corrected chi connectivity index (χ2v) is 12.4. The van der Waals surface area contributed by atoms with Crippen LogP contribution in [0.5, 0.6) is 0 Å². The summed E-state index contributed by atoms with van der Waals surface area (Å²) in [5, 5.41) is 41.3. The number of hydrogen-bond donors (Lipinski definition) is 0. The molecule has 6 unspecified atom stereocenters. The number of carbonyl (C=O) groups is 6. The molecule has 0 saturated carbocycles. The van der Waals surface area contributed by atoms with Crippen LogP contribution in [-0.4, -0.2) is 71.9 Å². The first-order valence-corrected chi connectivity index (χ1v) is 18.7. The zero-order valence-electron chi connectivity index (χ0n) is 33.2. The molecule has 1 aliphatic heterocycles. The maximum atomic E-state index is 10.7. The van der Waals surface area contributed by atoms with E-state index in [4.69, 9.17) is 0 Å². The van der Waals surface area contributed by atoms with Gasteiger partial charge in [-0.05, 0) is 88.9 Å². The number of ether oxygens (including phenoxy) is 2. The fourth-order valence-corrected chi connectivity index (χ4v) is 4.39. The van der Waals surface area contributed by atoms with Crippen molar-refractivity contribution in [3.63, 3.8) is 0 Å². The van der Waals surface area contributed by atoms with E-state index >= 15 is 0 Å². The number of carboxylic acids is 4. The maximum absolute atomic E-state index is 10.7. The molecule has 0 spiro atoms. The molecule has 1 fully saturated rings. The van der Waals surface area contributed by atoms with Gasteiger partial charge in [0.25, 0.3) is 0 Å². The van der Waals surface area contributed by atoms with Crippen molar-refractivity contribution >= 4 is 59.7 Å². The Kier molecular flexibility index (Phi) is 44.1. The predicted molar refractivity (Wildman–Crippen MR) is 190 cm³/mol. The number of carbonyl (C=O) groups excluding carboxylic acids is 6. The van der Waals surface area contributed by atoms with Crippen molar-refractivity contribution in [3.8, 4) is 0 Å². The molecule has 1 saturated heterocycles. The molecule has 0 bridgehead atoms. The van der Waals surface area contributed by atoms with Crippen molar-refractivity contribution < 1.29 is 58.7 Å². The fraction of sp³-hybridized carbons (Fsp3) is 0.842. The van der Waals surface area contributed by atoms with Crippen LogP contribution in [0.1, 0.15) is 172 Å². The first kappa shape index (κ1) is 57.9. The minimum Gasteiger partial charge on any atom is -0.550 e. The number of aliphatic carboxylic acids is 4. The third kappa shape index (κ3) is 34.5. The Bertz CT molecular complexity index is 787. The van der Waals surface area contributed by atoms with Gasteiger partial charge in [-0.2, -0.15) is 0 Å². The molecule has 12 nitrogen and oxygen atoms in total. The summed E-state index contributed by atoms with van der Waals surface area (Å²) >= 11 is 0. The van der Waals surface area contributed by atoms with E-state index in [0.29, 0.717) is 25.7 Å². The van der Waals surface area contributed by atoms with E-state index in [1.54, 1.807) is 0 Å². The van der Waals surface area contributed by atoms with Crippen LogP contribution in [0.4, 0.5) is 0 Å². The second kappa shape index (κ2) is 38.8. The van der Waals surface area contributed by atoms with E-state index in [1.807, 2.05) is 27.7 Å². The Morgan fingerprint density at radius 3 is 0.765 bits per heavy atom. The molecular weight excluding hydrogens is 767 g/mol. The van der Waals surface area contributed by atoms with Crippen LogP contribution in [0, 0.1) is 23.7 Å². The summed E-state index contributed by atoms with van der Waals surface area (Å²) < 4.78 is 9.19. The number of rotatable bonds is 20. The molecule has 0 amide bonds. The third-order valence-corrected chi connectivity index (χ3v) is 8.18. The average molecular weight is 836 g/mol. The van der Waals surface area contributed by atoms with Crippen LogP contribution >= 0.6 is 0 Å². The Labute approximate surface area is 325 Å². The smallest absolute Gasteiger partial charge is 0.550 e. The molecule has 1 heterocycles. The summed E-state index contributed by atoms with van der Waals surface area (Å²) in [6, 6.07) is 0. The summed E-state index contributed by atoms with van der Waals surface area (Å²) in [7, 11) is 0. The van der Waals surface area contributed by atoms with Crippen LogP contribution in [0.25, 0.3) is 0 Å². The van der Waals surface area contributed by atoms with Gasteiger partial charge < -0.3 is 49.1 Å².